The summed E-state index contributed by atoms with van der Waals surface area (Å²) < 4.78 is 62.2. The summed E-state index contributed by atoms with van der Waals surface area (Å²) in [5, 5.41) is 6.37. The molecule has 0 spiro atoms. The van der Waals surface area contributed by atoms with Crippen LogP contribution in [0.15, 0.2) is 31.0 Å². The van der Waals surface area contributed by atoms with Gasteiger partial charge in [0.05, 0.1) is 15.6 Å². The van der Waals surface area contributed by atoms with Crippen molar-refractivity contribution in [1.82, 2.24) is 0 Å². The summed E-state index contributed by atoms with van der Waals surface area (Å²) in [4.78, 5) is -0.380. The monoisotopic (exact) mass is 499 g/mol. The van der Waals surface area contributed by atoms with Gasteiger partial charge in [-0.25, -0.2) is 8.42 Å². The molecule has 0 radical (unpaired) electrons. The first-order chi connectivity index (χ1) is 10.3. The van der Waals surface area contributed by atoms with Gasteiger partial charge in [-0.1, -0.05) is 23.2 Å². The predicted molar refractivity (Wildman–Crippen MR) is 88.1 cm³/mol. The fraction of sp³-hybridized carbons (Fsp3) is 0.273. The van der Waals surface area contributed by atoms with Crippen LogP contribution in [0.5, 0.6) is 0 Å². The quantitative estimate of drug-likeness (QED) is 0.488. The largest absolute Gasteiger partial charge is 0.416 e. The van der Waals surface area contributed by atoms with E-state index in [0.717, 1.165) is 6.26 Å². The van der Waals surface area contributed by atoms with Gasteiger partial charge in [-0.15, -0.1) is 5.11 Å². The van der Waals surface area contributed by atoms with E-state index in [0.29, 0.717) is 12.1 Å². The molecule has 0 aromatic heterocycles. The van der Waals surface area contributed by atoms with Gasteiger partial charge in [0.25, 0.3) is 0 Å². The summed E-state index contributed by atoms with van der Waals surface area (Å²) in [6, 6.07) is 1.22. The van der Waals surface area contributed by atoms with Crippen LogP contribution in [0.25, 0.3) is 0 Å². The number of sulfone groups is 1. The number of nitrogens with two attached hydrogens (primary N) is 1. The van der Waals surface area contributed by atoms with Gasteiger partial charge >= 0.3 is 6.18 Å². The van der Waals surface area contributed by atoms with E-state index in [9.17, 15) is 21.6 Å². The molecule has 1 heterocycles. The maximum Gasteiger partial charge on any atom is 0.416 e. The minimum atomic E-state index is -4.67. The Bertz CT molecular complexity index is 832. The van der Waals surface area contributed by atoms with Crippen molar-refractivity contribution >= 4 is 55.6 Å². The second-order valence-electron chi connectivity index (χ2n) is 4.67. The van der Waals surface area contributed by atoms with E-state index in [1.54, 1.807) is 22.6 Å². The van der Waals surface area contributed by atoms with Gasteiger partial charge in [-0.05, 0) is 34.7 Å². The number of rotatable bonds is 2. The van der Waals surface area contributed by atoms with Crippen molar-refractivity contribution in [2.24, 2.45) is 16.0 Å². The number of hydrogen-bond donors (Lipinski definition) is 1. The molecule has 126 valence electrons. The number of hydrogen-bond acceptors (Lipinski definition) is 5. The Labute approximate surface area is 152 Å². The van der Waals surface area contributed by atoms with Crippen LogP contribution in [0.3, 0.4) is 0 Å². The summed E-state index contributed by atoms with van der Waals surface area (Å²) in [6.07, 6.45) is -3.79. The maximum absolute atomic E-state index is 12.8. The molecule has 2 N–H and O–H groups in total. The Morgan fingerprint density at radius 3 is 2.13 bits per heavy atom. The van der Waals surface area contributed by atoms with Crippen LogP contribution in [-0.2, 0) is 21.7 Å². The van der Waals surface area contributed by atoms with E-state index < -0.39 is 37.3 Å². The van der Waals surface area contributed by atoms with Crippen molar-refractivity contribution in [1.29, 1.82) is 0 Å². The normalized spacial score (nSPS) is 22.1. The van der Waals surface area contributed by atoms with Crippen LogP contribution < -0.4 is 5.73 Å². The lowest BCUT2D eigenvalue weighted by atomic mass is 9.99. The third kappa shape index (κ3) is 3.36. The molecule has 0 aliphatic carbocycles. The molecule has 1 aromatic rings. The Hall–Kier alpha value is -0.430. The molecule has 1 aromatic carbocycles. The first-order valence-corrected chi connectivity index (χ1v) is 9.40. The molecule has 0 saturated heterocycles. The van der Waals surface area contributed by atoms with E-state index in [1.807, 2.05) is 0 Å². The van der Waals surface area contributed by atoms with Crippen molar-refractivity contribution in [2.45, 2.75) is 11.8 Å². The van der Waals surface area contributed by atoms with Gasteiger partial charge in [0.1, 0.15) is 8.61 Å². The topological polar surface area (TPSA) is 84.9 Å². The molecule has 5 nitrogen and oxygen atoms in total. The molecule has 0 saturated carbocycles. The molecule has 23 heavy (non-hydrogen) atoms. The molecule has 12 heteroatoms. The van der Waals surface area contributed by atoms with Gasteiger partial charge in [-0.3, -0.25) is 5.73 Å². The first kappa shape index (κ1) is 18.9. The molecule has 0 bridgehead atoms. The molecule has 2 rings (SSSR count). The van der Waals surface area contributed by atoms with Gasteiger partial charge in [0.2, 0.25) is 0 Å². The summed E-state index contributed by atoms with van der Waals surface area (Å²) in [5.74, 6) is 0. The average molecular weight is 500 g/mol. The average Bonchev–Trinajstić information content (AvgIpc) is 2.63. The summed E-state index contributed by atoms with van der Waals surface area (Å²) in [5.41, 5.74) is 2.58. The van der Waals surface area contributed by atoms with E-state index in [4.69, 9.17) is 28.9 Å². The lowest BCUT2D eigenvalue weighted by molar-refractivity contribution is -0.137. The molecule has 0 amide bonds. The summed E-state index contributed by atoms with van der Waals surface area (Å²) in [6.45, 7) is 0. The number of halogens is 6. The van der Waals surface area contributed by atoms with Gasteiger partial charge < -0.3 is 0 Å². The van der Waals surface area contributed by atoms with Gasteiger partial charge in [0.15, 0.2) is 15.5 Å². The number of benzene rings is 1. The zero-order valence-electron chi connectivity index (χ0n) is 11.1. The molecule has 1 atom stereocenters. The third-order valence-electron chi connectivity index (χ3n) is 2.95. The van der Waals surface area contributed by atoms with E-state index in [-0.39, 0.29) is 14.2 Å². The minimum Gasteiger partial charge on any atom is -0.297 e. The first-order valence-electron chi connectivity index (χ1n) is 5.67. The van der Waals surface area contributed by atoms with Crippen molar-refractivity contribution in [3.63, 3.8) is 0 Å². The highest BCUT2D eigenvalue weighted by molar-refractivity contribution is 14.1. The van der Waals surface area contributed by atoms with Gasteiger partial charge in [-0.2, -0.15) is 18.3 Å². The van der Waals surface area contributed by atoms with Crippen molar-refractivity contribution in [3.8, 4) is 0 Å². The van der Waals surface area contributed by atoms with Crippen LogP contribution in [0.4, 0.5) is 13.2 Å². The highest BCUT2D eigenvalue weighted by Crippen LogP contribution is 2.47. The summed E-state index contributed by atoms with van der Waals surface area (Å²) in [7, 11) is -3.86. The van der Waals surface area contributed by atoms with E-state index >= 15 is 0 Å². The molecule has 1 aliphatic heterocycles. The van der Waals surface area contributed by atoms with Crippen LogP contribution in [-0.4, -0.2) is 14.7 Å². The van der Waals surface area contributed by atoms with Crippen LogP contribution in [0.1, 0.15) is 11.1 Å². The van der Waals surface area contributed by atoms with Crippen molar-refractivity contribution < 1.29 is 21.6 Å². The zero-order valence-corrected chi connectivity index (χ0v) is 15.6. The van der Waals surface area contributed by atoms with Crippen molar-refractivity contribution in [3.05, 3.63) is 41.9 Å². The Morgan fingerprint density at radius 2 is 1.74 bits per heavy atom. The second kappa shape index (κ2) is 5.83. The molecule has 1 aliphatic rings. The van der Waals surface area contributed by atoms with E-state index in [2.05, 4.69) is 10.2 Å². The highest BCUT2D eigenvalue weighted by Gasteiger charge is 2.47. The van der Waals surface area contributed by atoms with Gasteiger partial charge in [0, 0.05) is 11.8 Å². The number of nitrogens with zero attached hydrogens (tertiary/aromatic N) is 2. The van der Waals surface area contributed by atoms with Crippen LogP contribution >= 0.6 is 45.8 Å². The third-order valence-corrected chi connectivity index (χ3v) is 5.91. The Morgan fingerprint density at radius 1 is 1.26 bits per heavy atom. The molecular formula is C11H7Cl2F3IN3O2S. The Kier molecular flexibility index (Phi) is 4.79. The lowest BCUT2D eigenvalue weighted by Gasteiger charge is -2.25. The zero-order chi connectivity index (χ0) is 17.8. The SMILES string of the molecule is CS(=O)(=O)C1=C(I)N=NC1(N)c1c(Cl)cc(C(F)(F)F)cc1Cl. The van der Waals surface area contributed by atoms with E-state index in [1.165, 1.54) is 0 Å². The van der Waals surface area contributed by atoms with Crippen LogP contribution in [0.2, 0.25) is 10.0 Å². The molecular weight excluding hydrogens is 493 g/mol. The van der Waals surface area contributed by atoms with Crippen molar-refractivity contribution in [2.75, 3.05) is 6.26 Å². The smallest absolute Gasteiger partial charge is 0.297 e. The standard InChI is InChI=1S/C11H7Cl2F3IN3O2S/c1-23(21,22)8-9(17)19-20-10(8,18)7-5(12)2-4(3-6(7)13)11(14,15)16/h2-3H,18H2,1H3. The fourth-order valence-corrected chi connectivity index (χ4v) is 5.62. The molecule has 1 unspecified atom stereocenters. The second-order valence-corrected chi connectivity index (χ2v) is 8.46. The summed E-state index contributed by atoms with van der Waals surface area (Å²) >= 11 is 13.4. The lowest BCUT2D eigenvalue weighted by Crippen LogP contribution is -2.38. The maximum atomic E-state index is 12.8. The number of azo groups is 1. The van der Waals surface area contributed by atoms with Crippen LogP contribution in [0, 0.1) is 0 Å². The number of alkyl halides is 3. The Balaban J connectivity index is 2.75. The highest BCUT2D eigenvalue weighted by atomic mass is 127. The fourth-order valence-electron chi connectivity index (χ4n) is 2.07. The molecule has 0 fully saturated rings. The predicted octanol–water partition coefficient (Wildman–Crippen LogP) is 4.24. The minimum absolute atomic E-state index is 0.0142.